The van der Waals surface area contributed by atoms with E-state index in [1.807, 2.05) is 20.8 Å². The van der Waals surface area contributed by atoms with Gasteiger partial charge in [0.25, 0.3) is 11.8 Å². The second kappa shape index (κ2) is 7.72. The molecular formula is C17H22N4O3. The van der Waals surface area contributed by atoms with Gasteiger partial charge in [-0.3, -0.25) is 9.59 Å². The Bertz CT molecular complexity index is 707. The number of amides is 2. The molecule has 0 saturated carbocycles. The van der Waals surface area contributed by atoms with E-state index < -0.39 is 0 Å². The van der Waals surface area contributed by atoms with Gasteiger partial charge in [-0.15, -0.1) is 0 Å². The van der Waals surface area contributed by atoms with E-state index >= 15 is 0 Å². The zero-order valence-corrected chi connectivity index (χ0v) is 14.4. The molecule has 0 aliphatic heterocycles. The van der Waals surface area contributed by atoms with Crippen molar-refractivity contribution < 1.29 is 14.1 Å². The second-order valence-corrected chi connectivity index (χ2v) is 5.77. The predicted octanol–water partition coefficient (Wildman–Crippen LogP) is 2.03. The fourth-order valence-corrected chi connectivity index (χ4v) is 2.22. The number of aryl methyl sites for hydroxylation is 1. The number of hydrogen-bond acceptors (Lipinski definition) is 5. The van der Waals surface area contributed by atoms with Crippen LogP contribution in [0.1, 0.15) is 37.0 Å². The van der Waals surface area contributed by atoms with Crippen LogP contribution in [0.3, 0.4) is 0 Å². The number of carbonyl (C=O) groups excluding carboxylic acids is 2. The van der Waals surface area contributed by atoms with Gasteiger partial charge in [0.2, 0.25) is 5.91 Å². The van der Waals surface area contributed by atoms with E-state index in [4.69, 9.17) is 4.52 Å². The number of rotatable bonds is 6. The molecule has 0 spiro atoms. The third kappa shape index (κ3) is 4.41. The normalized spacial score (nSPS) is 10.7. The van der Waals surface area contributed by atoms with Crippen molar-refractivity contribution in [1.29, 1.82) is 0 Å². The molecule has 7 nitrogen and oxygen atoms in total. The topological polar surface area (TPSA) is 88.3 Å². The summed E-state index contributed by atoms with van der Waals surface area (Å²) in [7, 11) is 0. The minimum atomic E-state index is -0.190. The molecule has 128 valence electrons. The first-order valence-electron chi connectivity index (χ1n) is 7.90. The highest BCUT2D eigenvalue weighted by Crippen LogP contribution is 2.18. The number of nitrogens with one attached hydrogen (secondary N) is 1. The first-order chi connectivity index (χ1) is 11.4. The van der Waals surface area contributed by atoms with Gasteiger partial charge in [-0.1, -0.05) is 5.16 Å². The Balaban J connectivity index is 2.08. The van der Waals surface area contributed by atoms with Gasteiger partial charge in [-0.2, -0.15) is 4.98 Å². The van der Waals surface area contributed by atoms with Crippen LogP contribution in [-0.2, 0) is 4.79 Å². The summed E-state index contributed by atoms with van der Waals surface area (Å²) in [6.07, 6.45) is 0. The molecule has 24 heavy (non-hydrogen) atoms. The van der Waals surface area contributed by atoms with Crippen molar-refractivity contribution in [2.45, 2.75) is 33.7 Å². The number of hydrogen-bond donors (Lipinski definition) is 1. The lowest BCUT2D eigenvalue weighted by atomic mass is 10.1. The molecule has 2 amide bonds. The van der Waals surface area contributed by atoms with Gasteiger partial charge < -0.3 is 14.7 Å². The van der Waals surface area contributed by atoms with Crippen molar-refractivity contribution in [3.05, 3.63) is 35.7 Å². The summed E-state index contributed by atoms with van der Waals surface area (Å²) in [4.78, 5) is 30.1. The Kier molecular flexibility index (Phi) is 5.68. The van der Waals surface area contributed by atoms with E-state index in [-0.39, 0.29) is 24.4 Å². The molecule has 7 heteroatoms. The van der Waals surface area contributed by atoms with Crippen LogP contribution in [0.2, 0.25) is 0 Å². The molecule has 1 aromatic carbocycles. The van der Waals surface area contributed by atoms with Crippen LogP contribution in [0.5, 0.6) is 0 Å². The van der Waals surface area contributed by atoms with Crippen molar-refractivity contribution in [2.24, 2.45) is 0 Å². The molecule has 0 bridgehead atoms. The van der Waals surface area contributed by atoms with E-state index in [0.29, 0.717) is 23.8 Å². The van der Waals surface area contributed by atoms with Crippen molar-refractivity contribution in [3.8, 4) is 11.5 Å². The summed E-state index contributed by atoms with van der Waals surface area (Å²) in [5, 5.41) is 6.53. The van der Waals surface area contributed by atoms with E-state index in [1.165, 1.54) is 4.90 Å². The third-order valence-electron chi connectivity index (χ3n) is 3.36. The average molecular weight is 330 g/mol. The summed E-state index contributed by atoms with van der Waals surface area (Å²) in [6.45, 7) is 7.84. The molecule has 0 aliphatic rings. The molecule has 0 unspecified atom stereocenters. The van der Waals surface area contributed by atoms with Crippen LogP contribution in [0.4, 0.5) is 0 Å². The summed E-state index contributed by atoms with van der Waals surface area (Å²) in [5.41, 5.74) is 1.25. The SMILES string of the molecule is CCN(CC(=O)NC(C)C)C(=O)c1ccc(-c2nc(C)no2)cc1. The lowest BCUT2D eigenvalue weighted by molar-refractivity contribution is -0.122. The fraction of sp³-hybridized carbons (Fsp3) is 0.412. The molecule has 2 aromatic rings. The van der Waals surface area contributed by atoms with Gasteiger partial charge in [0, 0.05) is 23.7 Å². The highest BCUT2D eigenvalue weighted by atomic mass is 16.5. The number of benzene rings is 1. The first-order valence-corrected chi connectivity index (χ1v) is 7.90. The Hall–Kier alpha value is -2.70. The summed E-state index contributed by atoms with van der Waals surface area (Å²) in [5.74, 6) is 0.608. The smallest absolute Gasteiger partial charge is 0.257 e. The molecule has 1 heterocycles. The monoisotopic (exact) mass is 330 g/mol. The Morgan fingerprint density at radius 1 is 1.25 bits per heavy atom. The minimum absolute atomic E-state index is 0.0398. The van der Waals surface area contributed by atoms with Crippen LogP contribution in [-0.4, -0.2) is 46.0 Å². The van der Waals surface area contributed by atoms with Crippen LogP contribution < -0.4 is 5.32 Å². The van der Waals surface area contributed by atoms with Gasteiger partial charge in [-0.05, 0) is 52.0 Å². The lowest BCUT2D eigenvalue weighted by Gasteiger charge is -2.21. The van der Waals surface area contributed by atoms with Crippen LogP contribution in [0, 0.1) is 6.92 Å². The zero-order valence-electron chi connectivity index (χ0n) is 14.4. The molecule has 1 aromatic heterocycles. The van der Waals surface area contributed by atoms with Gasteiger partial charge >= 0.3 is 0 Å². The highest BCUT2D eigenvalue weighted by Gasteiger charge is 2.18. The van der Waals surface area contributed by atoms with E-state index in [2.05, 4.69) is 15.5 Å². The van der Waals surface area contributed by atoms with Gasteiger partial charge in [0.15, 0.2) is 5.82 Å². The second-order valence-electron chi connectivity index (χ2n) is 5.77. The maximum atomic E-state index is 12.5. The predicted molar refractivity (Wildman–Crippen MR) is 89.3 cm³/mol. The number of nitrogens with zero attached hydrogens (tertiary/aromatic N) is 3. The Morgan fingerprint density at radius 3 is 2.42 bits per heavy atom. The quantitative estimate of drug-likeness (QED) is 0.875. The summed E-state index contributed by atoms with van der Waals surface area (Å²) >= 11 is 0. The first kappa shape index (κ1) is 17.7. The summed E-state index contributed by atoms with van der Waals surface area (Å²) < 4.78 is 5.10. The largest absolute Gasteiger partial charge is 0.352 e. The van der Waals surface area contributed by atoms with E-state index in [0.717, 1.165) is 5.56 Å². The van der Waals surface area contributed by atoms with E-state index in [9.17, 15) is 9.59 Å². The maximum Gasteiger partial charge on any atom is 0.257 e. The number of carbonyl (C=O) groups is 2. The van der Waals surface area contributed by atoms with Crippen molar-refractivity contribution in [1.82, 2.24) is 20.4 Å². The molecule has 2 rings (SSSR count). The molecule has 0 aliphatic carbocycles. The van der Waals surface area contributed by atoms with E-state index in [1.54, 1.807) is 31.2 Å². The summed E-state index contributed by atoms with van der Waals surface area (Å²) in [6, 6.07) is 6.94. The molecule has 0 saturated heterocycles. The molecule has 0 atom stereocenters. The molecule has 1 N–H and O–H groups in total. The highest BCUT2D eigenvalue weighted by molar-refractivity contribution is 5.96. The molecule has 0 fully saturated rings. The Morgan fingerprint density at radius 2 is 1.92 bits per heavy atom. The van der Waals surface area contributed by atoms with Gasteiger partial charge in [0.05, 0.1) is 6.54 Å². The van der Waals surface area contributed by atoms with Crippen LogP contribution in [0.15, 0.2) is 28.8 Å². The fourth-order valence-electron chi connectivity index (χ4n) is 2.22. The minimum Gasteiger partial charge on any atom is -0.352 e. The number of likely N-dealkylation sites (N-methyl/N-ethyl adjacent to an activating group) is 1. The molecule has 0 radical (unpaired) electrons. The number of aromatic nitrogens is 2. The van der Waals surface area contributed by atoms with Crippen molar-refractivity contribution in [2.75, 3.05) is 13.1 Å². The average Bonchev–Trinajstić information content (AvgIpc) is 2.98. The van der Waals surface area contributed by atoms with Gasteiger partial charge in [0.1, 0.15) is 0 Å². The van der Waals surface area contributed by atoms with Crippen LogP contribution in [0.25, 0.3) is 11.5 Å². The Labute approximate surface area is 141 Å². The van der Waals surface area contributed by atoms with Gasteiger partial charge in [-0.25, -0.2) is 0 Å². The van der Waals surface area contributed by atoms with Crippen molar-refractivity contribution >= 4 is 11.8 Å². The standard InChI is InChI=1S/C17H22N4O3/c1-5-21(10-15(22)18-11(2)3)17(23)14-8-6-13(7-9-14)16-19-12(4)20-24-16/h6-9,11H,5,10H2,1-4H3,(H,18,22). The molecular weight excluding hydrogens is 308 g/mol. The van der Waals surface area contributed by atoms with Crippen molar-refractivity contribution in [3.63, 3.8) is 0 Å². The van der Waals surface area contributed by atoms with Crippen LogP contribution >= 0.6 is 0 Å². The zero-order chi connectivity index (χ0) is 17.7. The third-order valence-corrected chi connectivity index (χ3v) is 3.36. The maximum absolute atomic E-state index is 12.5. The lowest BCUT2D eigenvalue weighted by Crippen LogP contribution is -2.42.